The van der Waals surface area contributed by atoms with Crippen molar-refractivity contribution in [3.63, 3.8) is 0 Å². The molecule has 1 aromatic heterocycles. The largest absolute Gasteiger partial charge is 0.381 e. The predicted molar refractivity (Wildman–Crippen MR) is 77.2 cm³/mol. The Morgan fingerprint density at radius 2 is 2.16 bits per heavy atom. The first-order valence-corrected chi connectivity index (χ1v) is 6.74. The monoisotopic (exact) mass is 261 g/mol. The van der Waals surface area contributed by atoms with Gasteiger partial charge in [-0.05, 0) is 37.8 Å². The van der Waals surface area contributed by atoms with Crippen molar-refractivity contribution in [1.82, 2.24) is 4.98 Å². The zero-order valence-corrected chi connectivity index (χ0v) is 12.3. The molecule has 0 saturated carbocycles. The Morgan fingerprint density at radius 3 is 2.79 bits per heavy atom. The Labute approximate surface area is 115 Å². The number of rotatable bonds is 7. The molecule has 4 nitrogen and oxygen atoms in total. The van der Waals surface area contributed by atoms with E-state index in [0.717, 1.165) is 37.4 Å². The molecule has 0 bridgehead atoms. The highest BCUT2D eigenvalue weighted by Crippen LogP contribution is 2.17. The second-order valence-corrected chi connectivity index (χ2v) is 5.17. The van der Waals surface area contributed by atoms with Crippen molar-refractivity contribution in [3.8, 4) is 6.07 Å². The minimum absolute atomic E-state index is 0.569. The summed E-state index contributed by atoms with van der Waals surface area (Å²) in [4.78, 5) is 4.38. The molecular formula is C15H23N3O. The van der Waals surface area contributed by atoms with Gasteiger partial charge in [0.1, 0.15) is 11.9 Å². The Kier molecular flexibility index (Phi) is 6.31. The summed E-state index contributed by atoms with van der Waals surface area (Å²) >= 11 is 0. The Morgan fingerprint density at radius 1 is 1.42 bits per heavy atom. The van der Waals surface area contributed by atoms with E-state index in [1.54, 1.807) is 0 Å². The highest BCUT2D eigenvalue weighted by atomic mass is 16.5. The third-order valence-corrected chi connectivity index (χ3v) is 2.67. The van der Waals surface area contributed by atoms with Crippen molar-refractivity contribution < 1.29 is 4.74 Å². The molecule has 0 saturated heterocycles. The van der Waals surface area contributed by atoms with Gasteiger partial charge in [0, 0.05) is 25.5 Å². The van der Waals surface area contributed by atoms with E-state index < -0.39 is 0 Å². The number of aromatic nitrogens is 1. The van der Waals surface area contributed by atoms with Gasteiger partial charge in [0.2, 0.25) is 0 Å². The number of aryl methyl sites for hydroxylation is 2. The molecule has 0 atom stereocenters. The number of nitrogens with zero attached hydrogens (tertiary/aromatic N) is 2. The van der Waals surface area contributed by atoms with Crippen LogP contribution in [0.1, 0.15) is 37.1 Å². The molecule has 1 rings (SSSR count). The SMILES string of the molecule is Cc1cc(C)c(C#N)c(NCCCOCC(C)C)n1. The number of pyridine rings is 1. The van der Waals surface area contributed by atoms with Gasteiger partial charge in [0.05, 0.1) is 5.56 Å². The predicted octanol–water partition coefficient (Wildman–Crippen LogP) is 3.04. The molecule has 0 unspecified atom stereocenters. The van der Waals surface area contributed by atoms with E-state index in [9.17, 15) is 0 Å². The summed E-state index contributed by atoms with van der Waals surface area (Å²) < 4.78 is 5.51. The van der Waals surface area contributed by atoms with Crippen LogP contribution in [0.4, 0.5) is 5.82 Å². The standard InChI is InChI=1S/C15H23N3O/c1-11(2)10-19-7-5-6-17-15-14(9-16)12(3)8-13(4)18-15/h8,11H,5-7,10H2,1-4H3,(H,17,18). The zero-order chi connectivity index (χ0) is 14.3. The Hall–Kier alpha value is -1.60. The number of hydrogen-bond donors (Lipinski definition) is 1. The fourth-order valence-corrected chi connectivity index (χ4v) is 1.81. The van der Waals surface area contributed by atoms with Crippen LogP contribution in [0.3, 0.4) is 0 Å². The molecule has 0 aliphatic heterocycles. The minimum atomic E-state index is 0.569. The van der Waals surface area contributed by atoms with Crippen LogP contribution in [0.5, 0.6) is 0 Å². The first kappa shape index (κ1) is 15.5. The molecule has 19 heavy (non-hydrogen) atoms. The average Bonchev–Trinajstić information content (AvgIpc) is 2.32. The molecule has 0 aliphatic carbocycles. The van der Waals surface area contributed by atoms with Gasteiger partial charge in [0.15, 0.2) is 0 Å². The van der Waals surface area contributed by atoms with Crippen molar-refractivity contribution in [2.24, 2.45) is 5.92 Å². The van der Waals surface area contributed by atoms with Crippen LogP contribution in [0.25, 0.3) is 0 Å². The second kappa shape index (κ2) is 7.75. The lowest BCUT2D eigenvalue weighted by molar-refractivity contribution is 0.110. The van der Waals surface area contributed by atoms with E-state index in [1.807, 2.05) is 19.9 Å². The molecule has 4 heteroatoms. The van der Waals surface area contributed by atoms with Crippen LogP contribution in [-0.2, 0) is 4.74 Å². The van der Waals surface area contributed by atoms with Crippen LogP contribution >= 0.6 is 0 Å². The zero-order valence-electron chi connectivity index (χ0n) is 12.3. The van der Waals surface area contributed by atoms with Crippen molar-refractivity contribution in [3.05, 3.63) is 22.9 Å². The number of nitriles is 1. The summed E-state index contributed by atoms with van der Waals surface area (Å²) in [5, 5.41) is 12.4. The summed E-state index contributed by atoms with van der Waals surface area (Å²) in [5.74, 6) is 1.25. The van der Waals surface area contributed by atoms with Crippen molar-refractivity contribution >= 4 is 5.82 Å². The third kappa shape index (κ3) is 5.27. The van der Waals surface area contributed by atoms with E-state index in [-0.39, 0.29) is 0 Å². The van der Waals surface area contributed by atoms with Gasteiger partial charge in [-0.15, -0.1) is 0 Å². The van der Waals surface area contributed by atoms with Crippen molar-refractivity contribution in [1.29, 1.82) is 5.26 Å². The Bertz CT molecular complexity index is 449. The van der Waals surface area contributed by atoms with Gasteiger partial charge in [-0.3, -0.25) is 0 Å². The summed E-state index contributed by atoms with van der Waals surface area (Å²) in [7, 11) is 0. The molecule has 1 N–H and O–H groups in total. The van der Waals surface area contributed by atoms with E-state index in [1.165, 1.54) is 0 Å². The van der Waals surface area contributed by atoms with Crippen LogP contribution in [0.15, 0.2) is 6.07 Å². The summed E-state index contributed by atoms with van der Waals surface area (Å²) in [5.41, 5.74) is 2.53. The molecule has 1 heterocycles. The number of hydrogen-bond acceptors (Lipinski definition) is 4. The van der Waals surface area contributed by atoms with E-state index in [4.69, 9.17) is 10.00 Å². The third-order valence-electron chi connectivity index (χ3n) is 2.67. The van der Waals surface area contributed by atoms with Gasteiger partial charge in [-0.2, -0.15) is 5.26 Å². The Balaban J connectivity index is 2.43. The maximum Gasteiger partial charge on any atom is 0.144 e. The molecule has 104 valence electrons. The number of ether oxygens (including phenoxy) is 1. The summed E-state index contributed by atoms with van der Waals surface area (Å²) in [6.07, 6.45) is 0.909. The van der Waals surface area contributed by atoms with Crippen LogP contribution < -0.4 is 5.32 Å². The smallest absolute Gasteiger partial charge is 0.144 e. The first-order chi connectivity index (χ1) is 9.04. The number of anilines is 1. The number of nitrogens with one attached hydrogen (secondary N) is 1. The minimum Gasteiger partial charge on any atom is -0.381 e. The fourth-order valence-electron chi connectivity index (χ4n) is 1.81. The quantitative estimate of drug-likeness (QED) is 0.766. The van der Waals surface area contributed by atoms with E-state index >= 15 is 0 Å². The molecule has 0 amide bonds. The van der Waals surface area contributed by atoms with Gasteiger partial charge in [-0.25, -0.2) is 4.98 Å². The summed E-state index contributed by atoms with van der Waals surface area (Å²) in [6, 6.07) is 4.13. The molecular weight excluding hydrogens is 238 g/mol. The fraction of sp³-hybridized carbons (Fsp3) is 0.600. The van der Waals surface area contributed by atoms with Gasteiger partial charge in [0.25, 0.3) is 0 Å². The molecule has 0 radical (unpaired) electrons. The molecule has 1 aromatic rings. The molecule has 0 spiro atoms. The lowest BCUT2D eigenvalue weighted by Gasteiger charge is -2.11. The molecule has 0 aliphatic rings. The summed E-state index contributed by atoms with van der Waals surface area (Å²) in [6.45, 7) is 10.4. The van der Waals surface area contributed by atoms with Crippen LogP contribution in [0.2, 0.25) is 0 Å². The van der Waals surface area contributed by atoms with Crippen molar-refractivity contribution in [2.75, 3.05) is 25.1 Å². The average molecular weight is 261 g/mol. The van der Waals surface area contributed by atoms with Gasteiger partial charge < -0.3 is 10.1 Å². The highest BCUT2D eigenvalue weighted by Gasteiger charge is 2.07. The molecule has 0 fully saturated rings. The van der Waals surface area contributed by atoms with Crippen LogP contribution in [0, 0.1) is 31.1 Å². The van der Waals surface area contributed by atoms with Gasteiger partial charge in [-0.1, -0.05) is 13.8 Å². The van der Waals surface area contributed by atoms with E-state index in [0.29, 0.717) is 17.3 Å². The maximum atomic E-state index is 9.14. The lowest BCUT2D eigenvalue weighted by Crippen LogP contribution is -2.11. The lowest BCUT2D eigenvalue weighted by atomic mass is 10.1. The van der Waals surface area contributed by atoms with Gasteiger partial charge >= 0.3 is 0 Å². The van der Waals surface area contributed by atoms with E-state index in [2.05, 4.69) is 30.2 Å². The molecule has 0 aromatic carbocycles. The van der Waals surface area contributed by atoms with Crippen molar-refractivity contribution in [2.45, 2.75) is 34.1 Å². The topological polar surface area (TPSA) is 57.9 Å². The highest BCUT2D eigenvalue weighted by molar-refractivity contribution is 5.56. The van der Waals surface area contributed by atoms with Crippen LogP contribution in [-0.4, -0.2) is 24.7 Å². The second-order valence-electron chi connectivity index (χ2n) is 5.17. The maximum absolute atomic E-state index is 9.14. The normalized spacial score (nSPS) is 10.5. The first-order valence-electron chi connectivity index (χ1n) is 6.74.